The highest BCUT2D eigenvalue weighted by molar-refractivity contribution is 5.06. The van der Waals surface area contributed by atoms with E-state index < -0.39 is 0 Å². The van der Waals surface area contributed by atoms with E-state index in [-0.39, 0.29) is 0 Å². The van der Waals surface area contributed by atoms with Crippen LogP contribution in [0.15, 0.2) is 0 Å². The van der Waals surface area contributed by atoms with Gasteiger partial charge in [0.2, 0.25) is 0 Å². The number of rotatable bonds is 4. The monoisotopic (exact) mass is 211 g/mol. The Labute approximate surface area is 93.8 Å². The molecule has 1 aliphatic carbocycles. The average molecular weight is 211 g/mol. The molecular formula is C13H25NO. The maximum absolute atomic E-state index is 5.82. The fraction of sp³-hybridized carbons (Fsp3) is 1.00. The van der Waals surface area contributed by atoms with Crippen LogP contribution in [0, 0.1) is 11.3 Å². The summed E-state index contributed by atoms with van der Waals surface area (Å²) < 4.78 is 5.82. The summed E-state index contributed by atoms with van der Waals surface area (Å²) in [6.45, 7) is 9.09. The minimum atomic E-state index is 0.477. The summed E-state index contributed by atoms with van der Waals surface area (Å²) in [5.41, 5.74) is 0.651. The molecule has 1 saturated carbocycles. The van der Waals surface area contributed by atoms with Gasteiger partial charge in [0.05, 0.1) is 12.2 Å². The Hall–Kier alpha value is -0.0800. The fourth-order valence-electron chi connectivity index (χ4n) is 3.39. The number of hydrogen-bond acceptors (Lipinski definition) is 2. The predicted molar refractivity (Wildman–Crippen MR) is 62.9 cm³/mol. The lowest BCUT2D eigenvalue weighted by atomic mass is 9.87. The second kappa shape index (κ2) is 4.42. The van der Waals surface area contributed by atoms with E-state index in [1.54, 1.807) is 0 Å². The van der Waals surface area contributed by atoms with Crippen molar-refractivity contribution < 1.29 is 4.74 Å². The van der Waals surface area contributed by atoms with E-state index in [0.29, 0.717) is 17.6 Å². The summed E-state index contributed by atoms with van der Waals surface area (Å²) in [4.78, 5) is 0. The van der Waals surface area contributed by atoms with Gasteiger partial charge in [-0.1, -0.05) is 6.92 Å². The molecule has 2 nitrogen and oxygen atoms in total. The molecule has 15 heavy (non-hydrogen) atoms. The summed E-state index contributed by atoms with van der Waals surface area (Å²) in [6, 6.07) is 0. The van der Waals surface area contributed by atoms with Crippen molar-refractivity contribution >= 4 is 0 Å². The number of hydrogen-bond donors (Lipinski definition) is 1. The van der Waals surface area contributed by atoms with Gasteiger partial charge in [-0.25, -0.2) is 0 Å². The molecule has 1 spiro atoms. The highest BCUT2D eigenvalue weighted by atomic mass is 16.5. The lowest BCUT2D eigenvalue weighted by Crippen LogP contribution is -2.32. The maximum Gasteiger partial charge on any atom is 0.0556 e. The molecule has 2 heteroatoms. The minimum Gasteiger partial charge on any atom is -0.376 e. The lowest BCUT2D eigenvalue weighted by molar-refractivity contribution is -0.0625. The normalized spacial score (nSPS) is 44.6. The third-order valence-electron chi connectivity index (χ3n) is 4.03. The Morgan fingerprint density at radius 1 is 1.20 bits per heavy atom. The molecule has 0 amide bonds. The molecular weight excluding hydrogens is 186 g/mol. The first-order chi connectivity index (χ1) is 7.16. The van der Waals surface area contributed by atoms with Gasteiger partial charge in [0.15, 0.2) is 0 Å². The smallest absolute Gasteiger partial charge is 0.0556 e. The van der Waals surface area contributed by atoms with Crippen molar-refractivity contribution in [1.29, 1.82) is 0 Å². The molecule has 2 rings (SSSR count). The van der Waals surface area contributed by atoms with Gasteiger partial charge in [-0.05, 0) is 64.0 Å². The van der Waals surface area contributed by atoms with Crippen molar-refractivity contribution in [3.8, 4) is 0 Å². The van der Waals surface area contributed by atoms with Crippen LogP contribution in [-0.4, -0.2) is 25.3 Å². The summed E-state index contributed by atoms with van der Waals surface area (Å²) in [7, 11) is 0. The molecule has 2 fully saturated rings. The Morgan fingerprint density at radius 3 is 2.47 bits per heavy atom. The Bertz CT molecular complexity index is 207. The Kier molecular flexibility index (Phi) is 3.36. The average Bonchev–Trinajstić information content (AvgIpc) is 2.76. The quantitative estimate of drug-likeness (QED) is 0.722. The van der Waals surface area contributed by atoms with Crippen molar-refractivity contribution in [1.82, 2.24) is 5.32 Å². The third kappa shape index (κ3) is 2.54. The van der Waals surface area contributed by atoms with E-state index in [1.165, 1.54) is 38.8 Å². The molecule has 3 unspecified atom stereocenters. The van der Waals surface area contributed by atoms with E-state index in [2.05, 4.69) is 26.1 Å². The zero-order chi connectivity index (χ0) is 10.9. The molecule has 1 saturated heterocycles. The van der Waals surface area contributed by atoms with E-state index in [9.17, 15) is 0 Å². The fourth-order valence-corrected chi connectivity index (χ4v) is 3.39. The summed E-state index contributed by atoms with van der Waals surface area (Å²) in [5, 5.41) is 3.56. The van der Waals surface area contributed by atoms with Crippen LogP contribution in [0.1, 0.15) is 46.5 Å². The molecule has 3 atom stereocenters. The van der Waals surface area contributed by atoms with Gasteiger partial charge in [-0.15, -0.1) is 0 Å². The van der Waals surface area contributed by atoms with Crippen molar-refractivity contribution in [2.45, 2.75) is 58.7 Å². The molecule has 1 N–H and O–H groups in total. The van der Waals surface area contributed by atoms with Gasteiger partial charge in [0.1, 0.15) is 0 Å². The van der Waals surface area contributed by atoms with Crippen molar-refractivity contribution in [2.24, 2.45) is 11.3 Å². The van der Waals surface area contributed by atoms with Crippen LogP contribution >= 0.6 is 0 Å². The highest BCUT2D eigenvalue weighted by Gasteiger charge is 2.56. The maximum atomic E-state index is 5.82. The van der Waals surface area contributed by atoms with Crippen LogP contribution < -0.4 is 5.32 Å². The second-order valence-corrected chi connectivity index (χ2v) is 5.63. The van der Waals surface area contributed by atoms with Gasteiger partial charge < -0.3 is 10.1 Å². The third-order valence-corrected chi connectivity index (χ3v) is 4.03. The molecule has 0 aromatic heterocycles. The zero-order valence-corrected chi connectivity index (χ0v) is 10.4. The van der Waals surface area contributed by atoms with Gasteiger partial charge >= 0.3 is 0 Å². The lowest BCUT2D eigenvalue weighted by Gasteiger charge is -2.33. The molecule has 0 bridgehead atoms. The predicted octanol–water partition coefficient (Wildman–Crippen LogP) is 2.58. The van der Waals surface area contributed by atoms with E-state index >= 15 is 0 Å². The van der Waals surface area contributed by atoms with Crippen molar-refractivity contribution in [2.75, 3.05) is 13.1 Å². The minimum absolute atomic E-state index is 0.477. The SMILES string of the molecule is CCCNCC1CC12CC(C)OC(C)C2. The van der Waals surface area contributed by atoms with Crippen LogP contribution in [0.4, 0.5) is 0 Å². The van der Waals surface area contributed by atoms with Gasteiger partial charge in [0, 0.05) is 0 Å². The van der Waals surface area contributed by atoms with Crippen LogP contribution in [0.3, 0.4) is 0 Å². The number of nitrogens with one attached hydrogen (secondary N) is 1. The summed E-state index contributed by atoms with van der Waals surface area (Å²) in [5.74, 6) is 0.929. The summed E-state index contributed by atoms with van der Waals surface area (Å²) in [6.07, 6.45) is 6.21. The molecule has 0 radical (unpaired) electrons. The standard InChI is InChI=1S/C13H25NO/c1-4-5-14-9-12-8-13(12)6-10(2)15-11(3)7-13/h10-12,14H,4-9H2,1-3H3. The Morgan fingerprint density at radius 2 is 1.87 bits per heavy atom. The van der Waals surface area contributed by atoms with Crippen LogP contribution in [-0.2, 0) is 4.74 Å². The largest absolute Gasteiger partial charge is 0.376 e. The molecule has 0 aromatic rings. The second-order valence-electron chi connectivity index (χ2n) is 5.63. The first kappa shape index (κ1) is 11.4. The molecule has 1 heterocycles. The van der Waals surface area contributed by atoms with Gasteiger partial charge in [0.25, 0.3) is 0 Å². The highest BCUT2D eigenvalue weighted by Crippen LogP contribution is 2.60. The van der Waals surface area contributed by atoms with E-state index in [4.69, 9.17) is 4.74 Å². The topological polar surface area (TPSA) is 21.3 Å². The molecule has 88 valence electrons. The van der Waals surface area contributed by atoms with Gasteiger partial charge in [-0.2, -0.15) is 0 Å². The van der Waals surface area contributed by atoms with Gasteiger partial charge in [-0.3, -0.25) is 0 Å². The van der Waals surface area contributed by atoms with Crippen molar-refractivity contribution in [3.63, 3.8) is 0 Å². The van der Waals surface area contributed by atoms with Crippen molar-refractivity contribution in [3.05, 3.63) is 0 Å². The van der Waals surface area contributed by atoms with E-state index in [0.717, 1.165) is 5.92 Å². The first-order valence-corrected chi connectivity index (χ1v) is 6.52. The molecule has 0 aromatic carbocycles. The van der Waals surface area contributed by atoms with Crippen LogP contribution in [0.25, 0.3) is 0 Å². The number of ether oxygens (including phenoxy) is 1. The van der Waals surface area contributed by atoms with Crippen LogP contribution in [0.2, 0.25) is 0 Å². The van der Waals surface area contributed by atoms with Crippen LogP contribution in [0.5, 0.6) is 0 Å². The zero-order valence-electron chi connectivity index (χ0n) is 10.4. The van der Waals surface area contributed by atoms with E-state index in [1.807, 2.05) is 0 Å². The molecule has 2 aliphatic rings. The Balaban J connectivity index is 1.78. The molecule has 1 aliphatic heterocycles. The first-order valence-electron chi connectivity index (χ1n) is 6.52. The summed E-state index contributed by atoms with van der Waals surface area (Å²) >= 11 is 0.